The van der Waals surface area contributed by atoms with E-state index in [0.29, 0.717) is 5.56 Å². The van der Waals surface area contributed by atoms with Crippen LogP contribution in [0.5, 0.6) is 0 Å². The summed E-state index contributed by atoms with van der Waals surface area (Å²) >= 11 is 0. The number of hydrogen-bond acceptors (Lipinski definition) is 2. The Labute approximate surface area is 100 Å². The first-order valence-corrected chi connectivity index (χ1v) is 5.31. The first-order valence-electron chi connectivity index (χ1n) is 5.31. The minimum Gasteiger partial charge on any atom is -0.346 e. The molecular weight excluding hydrogens is 219 g/mol. The number of nitrogens with zero attached hydrogens (tertiary/aromatic N) is 1. The number of halogens is 1. The SMILES string of the molecule is Cc1cc(C(C)(C)NC(=O)CC#N)ccc1F. The van der Waals surface area contributed by atoms with Crippen molar-refractivity contribution in [1.82, 2.24) is 5.32 Å². The first kappa shape index (κ1) is 13.2. The Morgan fingerprint density at radius 2 is 2.18 bits per heavy atom. The summed E-state index contributed by atoms with van der Waals surface area (Å²) in [6, 6.07) is 6.50. The first-order chi connectivity index (χ1) is 7.86. The summed E-state index contributed by atoms with van der Waals surface area (Å²) in [5.74, 6) is -0.604. The number of benzene rings is 1. The molecule has 1 amide bonds. The van der Waals surface area contributed by atoms with E-state index in [4.69, 9.17) is 5.26 Å². The molecule has 90 valence electrons. The van der Waals surface area contributed by atoms with Crippen molar-refractivity contribution in [2.75, 3.05) is 0 Å². The van der Waals surface area contributed by atoms with Crippen LogP contribution in [0.1, 0.15) is 31.4 Å². The predicted octanol–water partition coefficient (Wildman–Crippen LogP) is 2.40. The van der Waals surface area contributed by atoms with Crippen molar-refractivity contribution < 1.29 is 9.18 Å². The highest BCUT2D eigenvalue weighted by Gasteiger charge is 2.23. The smallest absolute Gasteiger partial charge is 0.234 e. The number of hydrogen-bond donors (Lipinski definition) is 1. The molecule has 0 saturated heterocycles. The highest BCUT2D eigenvalue weighted by molar-refractivity contribution is 5.78. The zero-order valence-electron chi connectivity index (χ0n) is 10.2. The molecule has 0 unspecified atom stereocenters. The molecule has 17 heavy (non-hydrogen) atoms. The molecule has 0 aromatic heterocycles. The third-order valence-corrected chi connectivity index (χ3v) is 2.57. The van der Waals surface area contributed by atoms with Crippen molar-refractivity contribution >= 4 is 5.91 Å². The zero-order valence-corrected chi connectivity index (χ0v) is 10.2. The Bertz CT molecular complexity index is 475. The fourth-order valence-electron chi connectivity index (χ4n) is 1.57. The van der Waals surface area contributed by atoms with Gasteiger partial charge in [0, 0.05) is 0 Å². The monoisotopic (exact) mass is 234 g/mol. The molecule has 1 aromatic carbocycles. The Morgan fingerprint density at radius 1 is 1.53 bits per heavy atom. The lowest BCUT2D eigenvalue weighted by atomic mass is 9.92. The fourth-order valence-corrected chi connectivity index (χ4v) is 1.57. The molecule has 0 bridgehead atoms. The summed E-state index contributed by atoms with van der Waals surface area (Å²) in [6.45, 7) is 5.30. The second-order valence-electron chi connectivity index (χ2n) is 4.47. The van der Waals surface area contributed by atoms with Crippen molar-refractivity contribution in [1.29, 1.82) is 5.26 Å². The van der Waals surface area contributed by atoms with Crippen molar-refractivity contribution in [3.05, 3.63) is 35.1 Å². The van der Waals surface area contributed by atoms with Crippen LogP contribution in [-0.4, -0.2) is 5.91 Å². The molecule has 0 radical (unpaired) electrons. The highest BCUT2D eigenvalue weighted by atomic mass is 19.1. The van der Waals surface area contributed by atoms with Gasteiger partial charge in [-0.2, -0.15) is 5.26 Å². The largest absolute Gasteiger partial charge is 0.346 e. The maximum Gasteiger partial charge on any atom is 0.234 e. The van der Waals surface area contributed by atoms with Gasteiger partial charge in [0.05, 0.1) is 11.6 Å². The van der Waals surface area contributed by atoms with E-state index in [2.05, 4.69) is 5.32 Å². The molecule has 0 aliphatic carbocycles. The molecule has 1 rings (SSSR count). The molecule has 0 aliphatic rings. The maximum atomic E-state index is 13.1. The van der Waals surface area contributed by atoms with Gasteiger partial charge in [0.25, 0.3) is 0 Å². The number of nitriles is 1. The molecule has 0 saturated carbocycles. The van der Waals surface area contributed by atoms with E-state index in [1.165, 1.54) is 6.07 Å². The van der Waals surface area contributed by atoms with Gasteiger partial charge in [-0.05, 0) is 38.0 Å². The second-order valence-corrected chi connectivity index (χ2v) is 4.47. The Morgan fingerprint density at radius 3 is 2.71 bits per heavy atom. The molecule has 0 fully saturated rings. The third kappa shape index (κ3) is 3.28. The standard InChI is InChI=1S/C13H15FN2O/c1-9-8-10(4-5-11(9)14)13(2,3)16-12(17)6-7-15/h4-5,8H,6H2,1-3H3,(H,16,17). The fraction of sp³-hybridized carbons (Fsp3) is 0.385. The van der Waals surface area contributed by atoms with Gasteiger partial charge < -0.3 is 5.32 Å². The Balaban J connectivity index is 2.93. The summed E-state index contributed by atoms with van der Waals surface area (Å²) in [5.41, 5.74) is 0.722. The van der Waals surface area contributed by atoms with Crippen molar-refractivity contribution in [2.24, 2.45) is 0 Å². The summed E-state index contributed by atoms with van der Waals surface area (Å²) < 4.78 is 13.1. The number of rotatable bonds is 3. The van der Waals surface area contributed by atoms with E-state index in [9.17, 15) is 9.18 Å². The van der Waals surface area contributed by atoms with Gasteiger partial charge in [0.15, 0.2) is 0 Å². The molecule has 4 heteroatoms. The van der Waals surface area contributed by atoms with Crippen molar-refractivity contribution in [3.63, 3.8) is 0 Å². The van der Waals surface area contributed by atoms with Gasteiger partial charge in [-0.25, -0.2) is 4.39 Å². The van der Waals surface area contributed by atoms with Gasteiger partial charge in [0.2, 0.25) is 5.91 Å². The number of nitrogens with one attached hydrogen (secondary N) is 1. The van der Waals surface area contributed by atoms with Crippen molar-refractivity contribution in [2.45, 2.75) is 32.7 Å². The lowest BCUT2D eigenvalue weighted by molar-refractivity contribution is -0.121. The van der Waals surface area contributed by atoms with E-state index in [0.717, 1.165) is 5.56 Å². The van der Waals surface area contributed by atoms with Gasteiger partial charge in [-0.3, -0.25) is 4.79 Å². The minimum absolute atomic E-state index is 0.177. The summed E-state index contributed by atoms with van der Waals surface area (Å²) in [6.07, 6.45) is -0.177. The van der Waals surface area contributed by atoms with Gasteiger partial charge >= 0.3 is 0 Å². The highest BCUT2D eigenvalue weighted by Crippen LogP contribution is 2.22. The van der Waals surface area contributed by atoms with Gasteiger partial charge in [0.1, 0.15) is 12.2 Å². The van der Waals surface area contributed by atoms with Crippen LogP contribution in [0.3, 0.4) is 0 Å². The second kappa shape index (κ2) is 4.96. The molecule has 0 aliphatic heterocycles. The predicted molar refractivity (Wildman–Crippen MR) is 62.5 cm³/mol. The average molecular weight is 234 g/mol. The van der Waals surface area contributed by atoms with E-state index in [-0.39, 0.29) is 18.1 Å². The minimum atomic E-state index is -0.619. The van der Waals surface area contributed by atoms with Gasteiger partial charge in [-0.1, -0.05) is 12.1 Å². The Kier molecular flexibility index (Phi) is 3.84. The molecule has 0 heterocycles. The van der Waals surface area contributed by atoms with Crippen LogP contribution in [0.4, 0.5) is 4.39 Å². The summed E-state index contributed by atoms with van der Waals surface area (Å²) in [4.78, 5) is 11.4. The van der Waals surface area contributed by atoms with Crippen LogP contribution in [0, 0.1) is 24.1 Å². The van der Waals surface area contributed by atoms with E-state index >= 15 is 0 Å². The normalized spacial score (nSPS) is 10.8. The summed E-state index contributed by atoms with van der Waals surface area (Å²) in [7, 11) is 0. The van der Waals surface area contributed by atoms with E-state index < -0.39 is 5.54 Å². The third-order valence-electron chi connectivity index (χ3n) is 2.57. The lowest BCUT2D eigenvalue weighted by Crippen LogP contribution is -2.40. The van der Waals surface area contributed by atoms with Crippen LogP contribution in [-0.2, 0) is 10.3 Å². The molecule has 0 spiro atoms. The topological polar surface area (TPSA) is 52.9 Å². The average Bonchev–Trinajstić information content (AvgIpc) is 2.21. The van der Waals surface area contributed by atoms with Crippen LogP contribution in [0.15, 0.2) is 18.2 Å². The zero-order chi connectivity index (χ0) is 13.1. The summed E-state index contributed by atoms with van der Waals surface area (Å²) in [5, 5.41) is 11.2. The van der Waals surface area contributed by atoms with E-state index in [1.54, 1.807) is 25.1 Å². The lowest BCUT2D eigenvalue weighted by Gasteiger charge is -2.27. The number of carbonyl (C=O) groups excluding carboxylic acids is 1. The molecule has 1 aromatic rings. The number of amides is 1. The number of carbonyl (C=O) groups is 1. The van der Waals surface area contributed by atoms with E-state index in [1.807, 2.05) is 13.8 Å². The molecule has 3 nitrogen and oxygen atoms in total. The molecule has 0 atom stereocenters. The molecule has 1 N–H and O–H groups in total. The Hall–Kier alpha value is -1.89. The van der Waals surface area contributed by atoms with Crippen LogP contribution < -0.4 is 5.32 Å². The molecular formula is C13H15FN2O. The quantitative estimate of drug-likeness (QED) is 0.873. The number of aryl methyl sites for hydroxylation is 1. The maximum absolute atomic E-state index is 13.1. The van der Waals surface area contributed by atoms with Crippen LogP contribution in [0.2, 0.25) is 0 Å². The van der Waals surface area contributed by atoms with Crippen molar-refractivity contribution in [3.8, 4) is 6.07 Å². The van der Waals surface area contributed by atoms with Crippen LogP contribution >= 0.6 is 0 Å². The van der Waals surface area contributed by atoms with Crippen LogP contribution in [0.25, 0.3) is 0 Å². The van der Waals surface area contributed by atoms with Gasteiger partial charge in [-0.15, -0.1) is 0 Å².